The van der Waals surface area contributed by atoms with Gasteiger partial charge in [0.05, 0.1) is 6.54 Å². The molecule has 1 amide bonds. The van der Waals surface area contributed by atoms with Gasteiger partial charge in [-0.05, 0) is 63.4 Å². The molecule has 1 atom stereocenters. The van der Waals surface area contributed by atoms with Crippen molar-refractivity contribution in [2.45, 2.75) is 38.6 Å². The fraction of sp³-hybridized carbons (Fsp3) is 0.393. The Morgan fingerprint density at radius 2 is 1.86 bits per heavy atom. The zero-order chi connectivity index (χ0) is 24.6. The Labute approximate surface area is 206 Å². The summed E-state index contributed by atoms with van der Waals surface area (Å²) in [5.74, 6) is 1.07. The van der Waals surface area contributed by atoms with Crippen molar-refractivity contribution in [1.29, 1.82) is 0 Å². The quantitative estimate of drug-likeness (QED) is 0.608. The molecule has 1 N–H and O–H groups in total. The number of aryl methyl sites for hydroxylation is 1. The maximum atomic E-state index is 13.2. The third-order valence-corrected chi connectivity index (χ3v) is 6.57. The Bertz CT molecular complexity index is 1160. The predicted molar refractivity (Wildman–Crippen MR) is 137 cm³/mol. The van der Waals surface area contributed by atoms with Crippen molar-refractivity contribution in [3.8, 4) is 5.75 Å². The fourth-order valence-electron chi connectivity index (χ4n) is 4.66. The van der Waals surface area contributed by atoms with Crippen LogP contribution in [0.4, 0.5) is 0 Å². The summed E-state index contributed by atoms with van der Waals surface area (Å²) in [5, 5.41) is 6.32. The number of carbonyl (C=O) groups excluding carboxylic acids is 1. The largest absolute Gasteiger partial charge is 0.491 e. The van der Waals surface area contributed by atoms with Gasteiger partial charge >= 0.3 is 0 Å². The van der Waals surface area contributed by atoms with Gasteiger partial charge in [0.1, 0.15) is 18.1 Å². The van der Waals surface area contributed by atoms with E-state index in [0.717, 1.165) is 43.7 Å². The van der Waals surface area contributed by atoms with Gasteiger partial charge in [-0.3, -0.25) is 9.59 Å². The number of nitrogens with one attached hydrogen (secondary N) is 1. The zero-order valence-electron chi connectivity index (χ0n) is 20.6. The van der Waals surface area contributed by atoms with Crippen molar-refractivity contribution in [3.63, 3.8) is 0 Å². The number of nitrogens with zero attached hydrogens (tertiary/aromatic N) is 3. The Morgan fingerprint density at radius 1 is 1.03 bits per heavy atom. The van der Waals surface area contributed by atoms with Gasteiger partial charge in [0.15, 0.2) is 0 Å². The van der Waals surface area contributed by atoms with E-state index < -0.39 is 0 Å². The van der Waals surface area contributed by atoms with Gasteiger partial charge in [0.2, 0.25) is 0 Å². The zero-order valence-corrected chi connectivity index (χ0v) is 20.6. The summed E-state index contributed by atoms with van der Waals surface area (Å²) in [4.78, 5) is 28.8. The molecule has 1 aliphatic rings. The Hall–Kier alpha value is -3.45. The highest BCUT2D eigenvalue weighted by molar-refractivity contribution is 5.92. The molecule has 7 heteroatoms. The van der Waals surface area contributed by atoms with Gasteiger partial charge in [-0.2, -0.15) is 5.10 Å². The summed E-state index contributed by atoms with van der Waals surface area (Å²) in [6, 6.07) is 19.7. The maximum Gasteiger partial charge on any atom is 0.274 e. The molecule has 3 aromatic rings. The highest BCUT2D eigenvalue weighted by Gasteiger charge is 2.20. The van der Waals surface area contributed by atoms with E-state index in [9.17, 15) is 9.59 Å². The number of aromatic nitrogens is 2. The summed E-state index contributed by atoms with van der Waals surface area (Å²) in [5.41, 5.74) is 3.61. The first kappa shape index (κ1) is 24.7. The number of fused-ring (bicyclic) bond motifs is 1. The lowest BCUT2D eigenvalue weighted by atomic mass is 9.91. The van der Waals surface area contributed by atoms with Crippen LogP contribution < -0.4 is 10.3 Å². The summed E-state index contributed by atoms with van der Waals surface area (Å²) in [6.07, 6.45) is 2.89. The normalized spacial score (nSPS) is 18.2. The molecule has 1 aromatic heterocycles. The molecular weight excluding hydrogens is 440 g/mol. The summed E-state index contributed by atoms with van der Waals surface area (Å²) >= 11 is 0. The molecule has 1 aliphatic heterocycles. The van der Waals surface area contributed by atoms with Crippen molar-refractivity contribution < 1.29 is 9.53 Å². The van der Waals surface area contributed by atoms with Crippen LogP contribution >= 0.6 is 0 Å². The van der Waals surface area contributed by atoms with E-state index >= 15 is 0 Å². The van der Waals surface area contributed by atoms with Gasteiger partial charge in [-0.25, -0.2) is 5.10 Å². The van der Waals surface area contributed by atoms with Gasteiger partial charge in [-0.1, -0.05) is 48.0 Å². The second kappa shape index (κ2) is 11.8. The average Bonchev–Trinajstić information content (AvgIpc) is 2.86. The van der Waals surface area contributed by atoms with Crippen LogP contribution in [-0.4, -0.2) is 59.2 Å². The first-order chi connectivity index (χ1) is 17.0. The summed E-state index contributed by atoms with van der Waals surface area (Å²) in [7, 11) is 2.16. The average molecular weight is 475 g/mol. The molecule has 4 rings (SSSR count). The van der Waals surface area contributed by atoms with Crippen LogP contribution in [0.1, 0.15) is 52.4 Å². The van der Waals surface area contributed by atoms with Crippen LogP contribution in [0.5, 0.6) is 5.75 Å². The van der Waals surface area contributed by atoms with E-state index in [1.54, 1.807) is 4.90 Å². The topological polar surface area (TPSA) is 78.5 Å². The van der Waals surface area contributed by atoms with E-state index in [2.05, 4.69) is 71.5 Å². The number of H-pyrrole nitrogens is 1. The highest BCUT2D eigenvalue weighted by atomic mass is 16.5. The second-order valence-corrected chi connectivity index (χ2v) is 9.33. The number of ether oxygens (including phenoxy) is 1. The van der Waals surface area contributed by atoms with E-state index in [1.165, 1.54) is 23.3 Å². The molecule has 0 saturated heterocycles. The second-order valence-electron chi connectivity index (χ2n) is 9.33. The van der Waals surface area contributed by atoms with Crippen LogP contribution in [-0.2, 0) is 6.54 Å². The minimum atomic E-state index is -0.325. The smallest absolute Gasteiger partial charge is 0.274 e. The van der Waals surface area contributed by atoms with E-state index in [1.807, 2.05) is 6.07 Å². The molecule has 35 heavy (non-hydrogen) atoms. The molecule has 0 radical (unpaired) electrons. The summed E-state index contributed by atoms with van der Waals surface area (Å²) in [6.45, 7) is 5.30. The predicted octanol–water partition coefficient (Wildman–Crippen LogP) is 4.00. The number of hydrogen-bond acceptors (Lipinski definition) is 5. The van der Waals surface area contributed by atoms with Gasteiger partial charge in [0, 0.05) is 24.7 Å². The van der Waals surface area contributed by atoms with Crippen LogP contribution in [0.2, 0.25) is 0 Å². The lowest BCUT2D eigenvalue weighted by Gasteiger charge is -2.27. The SMILES string of the molecule is Cc1ccc2c(c1)CN(C)CCC(c1ccccc1)CCCN(C(=O)c1ccc(=O)[nH]n1)CCO2. The molecule has 0 spiro atoms. The molecule has 2 heterocycles. The minimum absolute atomic E-state index is 0.197. The lowest BCUT2D eigenvalue weighted by molar-refractivity contribution is 0.0717. The van der Waals surface area contributed by atoms with Gasteiger partial charge in [-0.15, -0.1) is 0 Å². The molecule has 7 nitrogen and oxygen atoms in total. The highest BCUT2D eigenvalue weighted by Crippen LogP contribution is 2.27. The van der Waals surface area contributed by atoms with E-state index in [4.69, 9.17) is 4.74 Å². The molecule has 184 valence electrons. The molecule has 2 aromatic carbocycles. The van der Waals surface area contributed by atoms with Crippen molar-refractivity contribution in [3.05, 3.63) is 93.4 Å². The van der Waals surface area contributed by atoms with Crippen molar-refractivity contribution >= 4 is 5.91 Å². The number of hydrogen-bond donors (Lipinski definition) is 1. The van der Waals surface area contributed by atoms with Crippen LogP contribution in [0.25, 0.3) is 0 Å². The number of amides is 1. The first-order valence-corrected chi connectivity index (χ1v) is 12.3. The van der Waals surface area contributed by atoms with Crippen LogP contribution in [0, 0.1) is 6.92 Å². The first-order valence-electron chi connectivity index (χ1n) is 12.3. The molecule has 1 unspecified atom stereocenters. The Kier molecular flexibility index (Phi) is 8.32. The number of aromatic amines is 1. The number of carbonyl (C=O) groups is 1. The van der Waals surface area contributed by atoms with Crippen molar-refractivity contribution in [1.82, 2.24) is 20.0 Å². The standard InChI is InChI=1S/C28H34N4O3/c1-21-10-12-26-24(19-21)20-31(2)16-14-23(22-7-4-3-5-8-22)9-6-15-32(17-18-35-26)28(34)25-11-13-27(33)30-29-25/h3-5,7-8,10-13,19,23H,6,9,14-18,20H2,1-2H3,(H,30,33). The fourth-order valence-corrected chi connectivity index (χ4v) is 4.66. The Balaban J connectivity index is 1.58. The molecule has 0 saturated carbocycles. The van der Waals surface area contributed by atoms with Crippen molar-refractivity contribution in [2.24, 2.45) is 0 Å². The third-order valence-electron chi connectivity index (χ3n) is 6.57. The third kappa shape index (κ3) is 6.79. The lowest BCUT2D eigenvalue weighted by Crippen LogP contribution is -2.36. The Morgan fingerprint density at radius 3 is 2.63 bits per heavy atom. The van der Waals surface area contributed by atoms with Gasteiger partial charge < -0.3 is 14.5 Å². The van der Waals surface area contributed by atoms with E-state index in [-0.39, 0.29) is 17.2 Å². The maximum absolute atomic E-state index is 13.2. The molecule has 0 aliphatic carbocycles. The van der Waals surface area contributed by atoms with Crippen molar-refractivity contribution in [2.75, 3.05) is 33.3 Å². The molecular formula is C28H34N4O3. The number of benzene rings is 2. The van der Waals surface area contributed by atoms with Gasteiger partial charge in [0.25, 0.3) is 11.5 Å². The molecule has 0 fully saturated rings. The van der Waals surface area contributed by atoms with Crippen LogP contribution in [0.15, 0.2) is 65.5 Å². The minimum Gasteiger partial charge on any atom is -0.491 e. The summed E-state index contributed by atoms with van der Waals surface area (Å²) < 4.78 is 6.16. The molecule has 0 bridgehead atoms. The van der Waals surface area contributed by atoms with E-state index in [0.29, 0.717) is 25.6 Å². The number of rotatable bonds is 2. The van der Waals surface area contributed by atoms with Crippen LogP contribution in [0.3, 0.4) is 0 Å². The monoisotopic (exact) mass is 474 g/mol.